The molecule has 4 heteroatoms. The summed E-state index contributed by atoms with van der Waals surface area (Å²) < 4.78 is 0. The van der Waals surface area contributed by atoms with Gasteiger partial charge in [0.2, 0.25) is 0 Å². The lowest BCUT2D eigenvalue weighted by atomic mass is 10.1. The van der Waals surface area contributed by atoms with Gasteiger partial charge in [-0.25, -0.2) is 0 Å². The van der Waals surface area contributed by atoms with Crippen LogP contribution in [0.4, 0.5) is 0 Å². The highest BCUT2D eigenvalue weighted by Gasteiger charge is 2.16. The van der Waals surface area contributed by atoms with Crippen molar-refractivity contribution < 1.29 is 9.90 Å². The molecule has 0 unspecified atom stereocenters. The van der Waals surface area contributed by atoms with Crippen LogP contribution in [0.3, 0.4) is 0 Å². The number of hydrogen-bond acceptors (Lipinski definition) is 3. The van der Waals surface area contributed by atoms with Crippen LogP contribution in [0.15, 0.2) is 18.2 Å². The summed E-state index contributed by atoms with van der Waals surface area (Å²) in [6.07, 6.45) is 0.894. The van der Waals surface area contributed by atoms with Gasteiger partial charge in [-0.2, -0.15) is 0 Å². The summed E-state index contributed by atoms with van der Waals surface area (Å²) in [7, 11) is 3.63. The van der Waals surface area contributed by atoms with E-state index >= 15 is 0 Å². The number of benzene rings is 1. The molecule has 0 aliphatic heterocycles. The van der Waals surface area contributed by atoms with Crippen LogP contribution in [-0.4, -0.2) is 43.1 Å². The summed E-state index contributed by atoms with van der Waals surface area (Å²) in [5.74, 6) is -0.0553. The summed E-state index contributed by atoms with van der Waals surface area (Å²) >= 11 is 0. The molecule has 1 aromatic rings. The molecule has 0 bridgehead atoms. The number of aryl methyl sites for hydroxylation is 1. The minimum atomic E-state index is -0.137. The largest absolute Gasteiger partial charge is 0.507 e. The molecule has 0 heterocycles. The Labute approximate surface area is 102 Å². The van der Waals surface area contributed by atoms with Crippen LogP contribution in [-0.2, 0) is 0 Å². The molecule has 2 N–H and O–H groups in total. The van der Waals surface area contributed by atoms with E-state index in [9.17, 15) is 9.90 Å². The van der Waals surface area contributed by atoms with Gasteiger partial charge in [0, 0.05) is 13.6 Å². The minimum Gasteiger partial charge on any atom is -0.507 e. The van der Waals surface area contributed by atoms with Crippen LogP contribution in [0, 0.1) is 6.92 Å². The maximum atomic E-state index is 12.1. The quantitative estimate of drug-likeness (QED) is 0.759. The number of phenols is 1. The van der Waals surface area contributed by atoms with Crippen molar-refractivity contribution >= 4 is 5.91 Å². The highest BCUT2D eigenvalue weighted by molar-refractivity contribution is 5.97. The van der Waals surface area contributed by atoms with Gasteiger partial charge in [0.15, 0.2) is 0 Å². The molecule has 0 aliphatic carbocycles. The van der Waals surface area contributed by atoms with Crippen LogP contribution in [0.1, 0.15) is 22.3 Å². The van der Waals surface area contributed by atoms with E-state index in [4.69, 9.17) is 0 Å². The normalized spacial score (nSPS) is 10.3. The number of carbonyl (C=O) groups excluding carboxylic acids is 1. The lowest BCUT2D eigenvalue weighted by Gasteiger charge is -2.18. The summed E-state index contributed by atoms with van der Waals surface area (Å²) in [6.45, 7) is 3.33. The van der Waals surface area contributed by atoms with E-state index in [1.165, 1.54) is 0 Å². The molecular weight excluding hydrogens is 216 g/mol. The third kappa shape index (κ3) is 3.46. The zero-order chi connectivity index (χ0) is 12.8. The number of amides is 1. The predicted molar refractivity (Wildman–Crippen MR) is 68.3 cm³/mol. The van der Waals surface area contributed by atoms with Gasteiger partial charge in [-0.3, -0.25) is 4.79 Å². The molecule has 17 heavy (non-hydrogen) atoms. The first-order valence-corrected chi connectivity index (χ1v) is 5.76. The fraction of sp³-hybridized carbons (Fsp3) is 0.462. The molecule has 0 aliphatic rings. The van der Waals surface area contributed by atoms with E-state index < -0.39 is 0 Å². The second-order valence-electron chi connectivity index (χ2n) is 4.15. The van der Waals surface area contributed by atoms with Gasteiger partial charge in [-0.15, -0.1) is 0 Å². The van der Waals surface area contributed by atoms with Crippen molar-refractivity contribution in [3.05, 3.63) is 29.3 Å². The molecule has 1 aromatic carbocycles. The summed E-state index contributed by atoms with van der Waals surface area (Å²) in [5, 5.41) is 12.9. The Morgan fingerprint density at radius 1 is 1.47 bits per heavy atom. The Bertz CT molecular complexity index is 391. The van der Waals surface area contributed by atoms with Crippen molar-refractivity contribution in [2.75, 3.05) is 27.2 Å². The van der Waals surface area contributed by atoms with Gasteiger partial charge in [0.05, 0.1) is 5.56 Å². The first kappa shape index (κ1) is 13.5. The number of nitrogens with zero attached hydrogens (tertiary/aromatic N) is 1. The topological polar surface area (TPSA) is 52.6 Å². The van der Waals surface area contributed by atoms with Gasteiger partial charge < -0.3 is 15.3 Å². The van der Waals surface area contributed by atoms with Crippen molar-refractivity contribution in [2.24, 2.45) is 0 Å². The average Bonchev–Trinajstić information content (AvgIpc) is 2.32. The third-order valence-electron chi connectivity index (χ3n) is 2.74. The van der Waals surface area contributed by atoms with Crippen molar-refractivity contribution in [3.63, 3.8) is 0 Å². The van der Waals surface area contributed by atoms with Gasteiger partial charge in [-0.05, 0) is 38.6 Å². The van der Waals surface area contributed by atoms with E-state index in [0.29, 0.717) is 12.1 Å². The van der Waals surface area contributed by atoms with Crippen LogP contribution in [0.25, 0.3) is 0 Å². The monoisotopic (exact) mass is 236 g/mol. The molecule has 0 atom stereocenters. The molecule has 0 saturated heterocycles. The van der Waals surface area contributed by atoms with Crippen molar-refractivity contribution in [2.45, 2.75) is 13.3 Å². The average molecular weight is 236 g/mol. The Balaban J connectivity index is 2.71. The van der Waals surface area contributed by atoms with Gasteiger partial charge >= 0.3 is 0 Å². The highest BCUT2D eigenvalue weighted by atomic mass is 16.3. The van der Waals surface area contributed by atoms with Crippen LogP contribution < -0.4 is 5.32 Å². The number of hydrogen-bond donors (Lipinski definition) is 2. The summed E-state index contributed by atoms with van der Waals surface area (Å²) in [6, 6.07) is 5.22. The Morgan fingerprint density at radius 2 is 2.18 bits per heavy atom. The second kappa shape index (κ2) is 6.25. The summed E-state index contributed by atoms with van der Waals surface area (Å²) in [4.78, 5) is 13.7. The van der Waals surface area contributed by atoms with Crippen molar-refractivity contribution in [1.29, 1.82) is 0 Å². The molecule has 0 aromatic heterocycles. The third-order valence-corrected chi connectivity index (χ3v) is 2.74. The number of nitrogens with one attached hydrogen (secondary N) is 1. The molecule has 0 saturated carbocycles. The second-order valence-corrected chi connectivity index (χ2v) is 4.15. The highest BCUT2D eigenvalue weighted by Crippen LogP contribution is 2.22. The lowest BCUT2D eigenvalue weighted by molar-refractivity contribution is 0.0790. The molecule has 1 rings (SSSR count). The maximum Gasteiger partial charge on any atom is 0.257 e. The minimum absolute atomic E-state index is 0.0815. The Kier molecular flexibility index (Phi) is 4.97. The smallest absolute Gasteiger partial charge is 0.257 e. The molecule has 1 amide bonds. The van der Waals surface area contributed by atoms with Crippen LogP contribution >= 0.6 is 0 Å². The number of para-hydroxylation sites is 1. The molecule has 4 nitrogen and oxygen atoms in total. The van der Waals surface area contributed by atoms with E-state index in [0.717, 1.165) is 18.5 Å². The fourth-order valence-corrected chi connectivity index (χ4v) is 1.63. The van der Waals surface area contributed by atoms with E-state index in [-0.39, 0.29) is 11.7 Å². The van der Waals surface area contributed by atoms with Crippen LogP contribution in [0.5, 0.6) is 5.75 Å². The first-order chi connectivity index (χ1) is 8.07. The predicted octanol–water partition coefficient (Wildman–Crippen LogP) is 1.38. The molecule has 0 fully saturated rings. The number of phenolic OH excluding ortho intramolecular Hbond substituents is 1. The molecular formula is C13H20N2O2. The van der Waals surface area contributed by atoms with Gasteiger partial charge in [0.1, 0.15) is 5.75 Å². The number of aromatic hydroxyl groups is 1. The van der Waals surface area contributed by atoms with Gasteiger partial charge in [0.25, 0.3) is 5.91 Å². The van der Waals surface area contributed by atoms with E-state index in [1.807, 2.05) is 7.05 Å². The fourth-order valence-electron chi connectivity index (χ4n) is 1.63. The first-order valence-electron chi connectivity index (χ1n) is 5.76. The zero-order valence-electron chi connectivity index (χ0n) is 10.7. The lowest BCUT2D eigenvalue weighted by Crippen LogP contribution is -2.29. The number of rotatable bonds is 5. The van der Waals surface area contributed by atoms with Crippen molar-refractivity contribution in [1.82, 2.24) is 10.2 Å². The maximum absolute atomic E-state index is 12.1. The standard InChI is InChI=1S/C13H20N2O2/c1-10-6-4-7-11(12(10)16)13(17)15(3)9-5-8-14-2/h4,6-7,14,16H,5,8-9H2,1-3H3. The zero-order valence-corrected chi connectivity index (χ0v) is 10.7. The van der Waals surface area contributed by atoms with Crippen LogP contribution in [0.2, 0.25) is 0 Å². The SMILES string of the molecule is CNCCCN(C)C(=O)c1cccc(C)c1O. The van der Waals surface area contributed by atoms with Gasteiger partial charge in [-0.1, -0.05) is 12.1 Å². The Morgan fingerprint density at radius 3 is 2.82 bits per heavy atom. The number of carbonyl (C=O) groups is 1. The Hall–Kier alpha value is -1.55. The van der Waals surface area contributed by atoms with E-state index in [2.05, 4.69) is 5.32 Å². The molecule has 94 valence electrons. The molecule has 0 radical (unpaired) electrons. The van der Waals surface area contributed by atoms with E-state index in [1.54, 1.807) is 37.1 Å². The summed E-state index contributed by atoms with van der Waals surface area (Å²) in [5.41, 5.74) is 1.09. The molecule has 0 spiro atoms. The van der Waals surface area contributed by atoms with Crippen molar-refractivity contribution in [3.8, 4) is 5.75 Å².